The summed E-state index contributed by atoms with van der Waals surface area (Å²) >= 11 is 4.17. The molecule has 0 nitrogen and oxygen atoms in total. The van der Waals surface area contributed by atoms with E-state index in [1.807, 2.05) is 0 Å². The SMILES string of the molecule is C1CCSC1.C1CCSCC1. The lowest BCUT2D eigenvalue weighted by atomic mass is 10.3. The highest BCUT2D eigenvalue weighted by Gasteiger charge is 1.96. The van der Waals surface area contributed by atoms with Crippen LogP contribution in [0.1, 0.15) is 32.1 Å². The summed E-state index contributed by atoms with van der Waals surface area (Å²) in [6.45, 7) is 0. The number of thioether (sulfide) groups is 2. The lowest BCUT2D eigenvalue weighted by Crippen LogP contribution is -1.91. The Balaban J connectivity index is 0.000000112. The van der Waals surface area contributed by atoms with Crippen molar-refractivity contribution in [2.75, 3.05) is 23.0 Å². The topological polar surface area (TPSA) is 0 Å². The first-order valence-corrected chi connectivity index (χ1v) is 6.96. The summed E-state index contributed by atoms with van der Waals surface area (Å²) in [6, 6.07) is 0. The van der Waals surface area contributed by atoms with E-state index in [0.29, 0.717) is 0 Å². The molecule has 0 bridgehead atoms. The van der Waals surface area contributed by atoms with Crippen molar-refractivity contribution in [2.45, 2.75) is 32.1 Å². The van der Waals surface area contributed by atoms with Gasteiger partial charge in [0, 0.05) is 0 Å². The van der Waals surface area contributed by atoms with Gasteiger partial charge in [0.25, 0.3) is 0 Å². The van der Waals surface area contributed by atoms with E-state index in [4.69, 9.17) is 0 Å². The second-order valence-corrected chi connectivity index (χ2v) is 5.44. The molecular weight excluding hydrogens is 172 g/mol. The molecule has 2 aliphatic heterocycles. The van der Waals surface area contributed by atoms with Gasteiger partial charge in [-0.15, -0.1) is 0 Å². The standard InChI is InChI=1S/C5H10S.C4H8S/c1-2-4-6-5-3-1;1-2-4-5-3-1/h1-5H2;1-4H2. The molecule has 2 heterocycles. The van der Waals surface area contributed by atoms with Gasteiger partial charge in [-0.25, -0.2) is 0 Å². The summed E-state index contributed by atoms with van der Waals surface area (Å²) in [7, 11) is 0. The largest absolute Gasteiger partial charge is 0.162 e. The third kappa shape index (κ3) is 5.92. The number of rotatable bonds is 0. The van der Waals surface area contributed by atoms with Gasteiger partial charge in [0.1, 0.15) is 0 Å². The van der Waals surface area contributed by atoms with Crippen LogP contribution in [0.15, 0.2) is 0 Å². The zero-order valence-corrected chi connectivity index (χ0v) is 8.81. The fourth-order valence-corrected chi connectivity index (χ4v) is 3.24. The molecule has 0 unspecified atom stereocenters. The van der Waals surface area contributed by atoms with E-state index in [-0.39, 0.29) is 0 Å². The maximum atomic E-state index is 2.09. The molecule has 0 saturated carbocycles. The Kier molecular flexibility index (Phi) is 6.54. The molecule has 0 aromatic rings. The van der Waals surface area contributed by atoms with Crippen molar-refractivity contribution in [3.8, 4) is 0 Å². The molecule has 2 heteroatoms. The minimum Gasteiger partial charge on any atom is -0.162 e. The van der Waals surface area contributed by atoms with Gasteiger partial charge in [-0.05, 0) is 48.7 Å². The van der Waals surface area contributed by atoms with Crippen molar-refractivity contribution in [1.82, 2.24) is 0 Å². The first-order valence-electron chi connectivity index (χ1n) is 4.65. The summed E-state index contributed by atoms with van der Waals surface area (Å²) in [4.78, 5) is 0. The summed E-state index contributed by atoms with van der Waals surface area (Å²) < 4.78 is 0. The van der Waals surface area contributed by atoms with Crippen LogP contribution in [0.4, 0.5) is 0 Å². The molecule has 0 atom stereocenters. The fourth-order valence-electron chi connectivity index (χ4n) is 1.20. The zero-order chi connectivity index (χ0) is 7.78. The summed E-state index contributed by atoms with van der Waals surface area (Å²) in [6.07, 6.45) is 7.33. The van der Waals surface area contributed by atoms with Gasteiger partial charge >= 0.3 is 0 Å². The van der Waals surface area contributed by atoms with E-state index in [1.165, 1.54) is 55.1 Å². The van der Waals surface area contributed by atoms with Crippen molar-refractivity contribution < 1.29 is 0 Å². The van der Waals surface area contributed by atoms with Crippen molar-refractivity contribution >= 4 is 23.5 Å². The minimum absolute atomic E-state index is 1.42. The molecule has 2 aliphatic rings. The van der Waals surface area contributed by atoms with Crippen molar-refractivity contribution in [2.24, 2.45) is 0 Å². The zero-order valence-electron chi connectivity index (χ0n) is 7.18. The molecule has 0 amide bonds. The second kappa shape index (κ2) is 7.35. The molecule has 2 saturated heterocycles. The van der Waals surface area contributed by atoms with Gasteiger partial charge in [-0.2, -0.15) is 23.5 Å². The molecule has 0 radical (unpaired) electrons. The molecule has 0 aromatic heterocycles. The molecular formula is C9H18S2. The van der Waals surface area contributed by atoms with E-state index in [2.05, 4.69) is 23.5 Å². The first-order chi connectivity index (χ1) is 5.50. The molecule has 0 spiro atoms. The van der Waals surface area contributed by atoms with Crippen LogP contribution in [0.3, 0.4) is 0 Å². The van der Waals surface area contributed by atoms with Crippen molar-refractivity contribution in [3.05, 3.63) is 0 Å². The third-order valence-electron chi connectivity index (χ3n) is 1.90. The Morgan fingerprint density at radius 1 is 0.455 bits per heavy atom. The molecule has 0 N–H and O–H groups in total. The smallest absolute Gasteiger partial charge is 0.00672 e. The first kappa shape index (κ1) is 9.79. The molecule has 11 heavy (non-hydrogen) atoms. The molecule has 2 rings (SSSR count). The van der Waals surface area contributed by atoms with Crippen LogP contribution in [-0.4, -0.2) is 23.0 Å². The molecule has 0 aromatic carbocycles. The average molecular weight is 190 g/mol. The van der Waals surface area contributed by atoms with Gasteiger partial charge in [0.15, 0.2) is 0 Å². The van der Waals surface area contributed by atoms with E-state index < -0.39 is 0 Å². The Labute approximate surface area is 78.9 Å². The predicted molar refractivity (Wildman–Crippen MR) is 57.7 cm³/mol. The highest BCUT2D eigenvalue weighted by molar-refractivity contribution is 7.99. The minimum atomic E-state index is 1.42. The van der Waals surface area contributed by atoms with E-state index in [1.54, 1.807) is 0 Å². The van der Waals surface area contributed by atoms with E-state index in [9.17, 15) is 0 Å². The highest BCUT2D eigenvalue weighted by Crippen LogP contribution is 2.15. The molecule has 2 fully saturated rings. The lowest BCUT2D eigenvalue weighted by Gasteiger charge is -2.05. The Morgan fingerprint density at radius 2 is 0.818 bits per heavy atom. The maximum Gasteiger partial charge on any atom is -0.00672 e. The van der Waals surface area contributed by atoms with Gasteiger partial charge in [-0.3, -0.25) is 0 Å². The molecule has 0 aliphatic carbocycles. The predicted octanol–water partition coefficient (Wildman–Crippen LogP) is 3.42. The van der Waals surface area contributed by atoms with Gasteiger partial charge < -0.3 is 0 Å². The van der Waals surface area contributed by atoms with Crippen LogP contribution in [0.25, 0.3) is 0 Å². The van der Waals surface area contributed by atoms with E-state index in [0.717, 1.165) is 0 Å². The molecule has 66 valence electrons. The normalized spacial score (nSPS) is 24.0. The Bertz CT molecular complexity index is 56.5. The quantitative estimate of drug-likeness (QED) is 0.574. The number of hydrogen-bond acceptors (Lipinski definition) is 2. The monoisotopic (exact) mass is 190 g/mol. The van der Waals surface area contributed by atoms with Crippen molar-refractivity contribution in [1.29, 1.82) is 0 Å². The van der Waals surface area contributed by atoms with Gasteiger partial charge in [0.2, 0.25) is 0 Å². The Hall–Kier alpha value is 0.700. The Morgan fingerprint density at radius 3 is 1.00 bits per heavy atom. The summed E-state index contributed by atoms with van der Waals surface area (Å²) in [5.41, 5.74) is 0. The van der Waals surface area contributed by atoms with Crippen LogP contribution in [0, 0.1) is 0 Å². The maximum absolute atomic E-state index is 2.09. The van der Waals surface area contributed by atoms with Crippen LogP contribution in [0.5, 0.6) is 0 Å². The average Bonchev–Trinajstić information content (AvgIpc) is 2.64. The van der Waals surface area contributed by atoms with Crippen LogP contribution < -0.4 is 0 Å². The van der Waals surface area contributed by atoms with Crippen LogP contribution >= 0.6 is 23.5 Å². The summed E-state index contributed by atoms with van der Waals surface area (Å²) in [5, 5.41) is 0. The number of hydrogen-bond donors (Lipinski definition) is 0. The van der Waals surface area contributed by atoms with Crippen LogP contribution in [-0.2, 0) is 0 Å². The van der Waals surface area contributed by atoms with Crippen molar-refractivity contribution in [3.63, 3.8) is 0 Å². The summed E-state index contributed by atoms with van der Waals surface area (Å²) in [5.74, 6) is 5.67. The van der Waals surface area contributed by atoms with E-state index >= 15 is 0 Å². The van der Waals surface area contributed by atoms with Crippen LogP contribution in [0.2, 0.25) is 0 Å². The fraction of sp³-hybridized carbons (Fsp3) is 1.00. The highest BCUT2D eigenvalue weighted by atomic mass is 32.2. The van der Waals surface area contributed by atoms with Gasteiger partial charge in [0.05, 0.1) is 0 Å². The lowest BCUT2D eigenvalue weighted by molar-refractivity contribution is 0.764. The second-order valence-electron chi connectivity index (χ2n) is 2.99. The third-order valence-corrected chi connectivity index (χ3v) is 4.21. The van der Waals surface area contributed by atoms with Gasteiger partial charge in [-0.1, -0.05) is 6.42 Å².